The molecule has 1 aromatic heterocycles. The Morgan fingerprint density at radius 2 is 1.90 bits per heavy atom. The van der Waals surface area contributed by atoms with Gasteiger partial charge in [0.15, 0.2) is 5.76 Å². The van der Waals surface area contributed by atoms with Gasteiger partial charge in [-0.25, -0.2) is 4.98 Å². The van der Waals surface area contributed by atoms with Gasteiger partial charge >= 0.3 is 0 Å². The van der Waals surface area contributed by atoms with Crippen LogP contribution in [0.1, 0.15) is 11.5 Å². The van der Waals surface area contributed by atoms with Crippen LogP contribution in [0.5, 0.6) is 0 Å². The lowest BCUT2D eigenvalue weighted by Crippen LogP contribution is -1.91. The summed E-state index contributed by atoms with van der Waals surface area (Å²) in [6.45, 7) is 2.03. The van der Waals surface area contributed by atoms with Gasteiger partial charge in [0.2, 0.25) is 5.89 Å². The summed E-state index contributed by atoms with van der Waals surface area (Å²) in [5, 5.41) is 0. The first-order valence-electron chi connectivity index (χ1n) is 6.72. The minimum atomic E-state index is 0.692. The molecule has 0 saturated heterocycles. The molecule has 106 valence electrons. The van der Waals surface area contributed by atoms with Crippen LogP contribution in [0.2, 0.25) is 0 Å². The fourth-order valence-electron chi connectivity index (χ4n) is 2.04. The fraction of sp³-hybridized carbons (Fsp3) is 0.118. The lowest BCUT2D eigenvalue weighted by atomic mass is 10.2. The molecule has 0 amide bonds. The zero-order chi connectivity index (χ0) is 14.7. The molecule has 3 nitrogen and oxygen atoms in total. The van der Waals surface area contributed by atoms with Crippen LogP contribution in [0.4, 0.5) is 5.69 Å². The third-order valence-corrected chi connectivity index (χ3v) is 4.43. The molecule has 2 aromatic carbocycles. The highest BCUT2D eigenvalue weighted by atomic mass is 32.2. The first-order valence-corrected chi connectivity index (χ1v) is 7.70. The Morgan fingerprint density at radius 3 is 2.71 bits per heavy atom. The second-order valence-corrected chi connectivity index (χ2v) is 5.76. The van der Waals surface area contributed by atoms with Crippen LogP contribution in [0.25, 0.3) is 11.3 Å². The molecular weight excluding hydrogens is 280 g/mol. The van der Waals surface area contributed by atoms with Crippen molar-refractivity contribution >= 4 is 17.4 Å². The molecule has 0 aliphatic carbocycles. The van der Waals surface area contributed by atoms with Crippen molar-refractivity contribution in [3.05, 3.63) is 66.2 Å². The lowest BCUT2D eigenvalue weighted by Gasteiger charge is -2.06. The van der Waals surface area contributed by atoms with E-state index in [2.05, 4.69) is 11.1 Å². The minimum absolute atomic E-state index is 0.692. The molecule has 1 heterocycles. The van der Waals surface area contributed by atoms with Crippen LogP contribution < -0.4 is 5.73 Å². The molecule has 0 bridgehead atoms. The predicted molar refractivity (Wildman–Crippen MR) is 87.1 cm³/mol. The van der Waals surface area contributed by atoms with Gasteiger partial charge in [-0.15, -0.1) is 11.8 Å². The van der Waals surface area contributed by atoms with Crippen molar-refractivity contribution in [1.82, 2.24) is 4.98 Å². The van der Waals surface area contributed by atoms with E-state index in [0.29, 0.717) is 5.75 Å². The summed E-state index contributed by atoms with van der Waals surface area (Å²) in [6, 6.07) is 15.9. The number of anilines is 1. The molecule has 0 aliphatic rings. The van der Waals surface area contributed by atoms with Gasteiger partial charge in [-0.1, -0.05) is 36.4 Å². The quantitative estimate of drug-likeness (QED) is 0.568. The van der Waals surface area contributed by atoms with Crippen LogP contribution in [0.3, 0.4) is 0 Å². The number of aromatic nitrogens is 1. The summed E-state index contributed by atoms with van der Waals surface area (Å²) < 4.78 is 5.80. The average Bonchev–Trinajstić information content (AvgIpc) is 2.99. The zero-order valence-corrected chi connectivity index (χ0v) is 12.6. The summed E-state index contributed by atoms with van der Waals surface area (Å²) in [4.78, 5) is 5.50. The Morgan fingerprint density at radius 1 is 1.10 bits per heavy atom. The van der Waals surface area contributed by atoms with Crippen LogP contribution >= 0.6 is 11.8 Å². The number of nitrogens with two attached hydrogens (primary N) is 1. The number of nitrogen functional groups attached to an aromatic ring is 1. The number of nitrogens with zero attached hydrogens (tertiary/aromatic N) is 1. The van der Waals surface area contributed by atoms with Crippen molar-refractivity contribution in [3.8, 4) is 11.3 Å². The van der Waals surface area contributed by atoms with Crippen molar-refractivity contribution in [2.75, 3.05) is 5.73 Å². The molecule has 21 heavy (non-hydrogen) atoms. The van der Waals surface area contributed by atoms with E-state index in [1.54, 1.807) is 18.0 Å². The van der Waals surface area contributed by atoms with Crippen LogP contribution in [-0.2, 0) is 5.75 Å². The highest BCUT2D eigenvalue weighted by molar-refractivity contribution is 7.98. The van der Waals surface area contributed by atoms with Crippen LogP contribution in [-0.4, -0.2) is 4.98 Å². The van der Waals surface area contributed by atoms with Gasteiger partial charge in [0.05, 0.1) is 11.9 Å². The molecule has 3 rings (SSSR count). The van der Waals surface area contributed by atoms with Gasteiger partial charge in [0.1, 0.15) is 0 Å². The number of oxazole rings is 1. The smallest absolute Gasteiger partial charge is 0.205 e. The zero-order valence-electron chi connectivity index (χ0n) is 11.7. The molecule has 0 atom stereocenters. The molecule has 0 saturated carbocycles. The molecule has 0 fully saturated rings. The molecule has 3 aromatic rings. The summed E-state index contributed by atoms with van der Waals surface area (Å²) in [6.07, 6.45) is 1.78. The van der Waals surface area contributed by atoms with E-state index in [-0.39, 0.29) is 0 Å². The summed E-state index contributed by atoms with van der Waals surface area (Å²) >= 11 is 1.69. The van der Waals surface area contributed by atoms with Crippen molar-refractivity contribution in [2.45, 2.75) is 17.6 Å². The van der Waals surface area contributed by atoms with Gasteiger partial charge in [-0.05, 0) is 24.6 Å². The van der Waals surface area contributed by atoms with E-state index in [0.717, 1.165) is 33.4 Å². The first-order chi connectivity index (χ1) is 10.2. The molecular formula is C17H16N2OS. The SMILES string of the molecule is Cc1c(N)cccc1SCc1ncc(-c2ccccc2)o1. The molecule has 4 heteroatoms. The van der Waals surface area contributed by atoms with Crippen molar-refractivity contribution < 1.29 is 4.42 Å². The maximum absolute atomic E-state index is 5.92. The predicted octanol–water partition coefficient (Wildman–Crippen LogP) is 4.52. The summed E-state index contributed by atoms with van der Waals surface area (Å²) in [5.41, 5.74) is 8.89. The molecule has 2 N–H and O–H groups in total. The Kier molecular flexibility index (Phi) is 3.97. The van der Waals surface area contributed by atoms with E-state index in [1.165, 1.54) is 0 Å². The van der Waals surface area contributed by atoms with Gasteiger partial charge in [-0.2, -0.15) is 0 Å². The monoisotopic (exact) mass is 296 g/mol. The van der Waals surface area contributed by atoms with Gasteiger partial charge in [0.25, 0.3) is 0 Å². The Bertz CT molecular complexity index is 738. The average molecular weight is 296 g/mol. The third-order valence-electron chi connectivity index (χ3n) is 3.29. The summed E-state index contributed by atoms with van der Waals surface area (Å²) in [7, 11) is 0. The van der Waals surface area contributed by atoms with Crippen molar-refractivity contribution in [3.63, 3.8) is 0 Å². The lowest BCUT2D eigenvalue weighted by molar-refractivity contribution is 0.530. The topological polar surface area (TPSA) is 52.0 Å². The van der Waals surface area contributed by atoms with E-state index in [9.17, 15) is 0 Å². The molecule has 0 unspecified atom stereocenters. The number of rotatable bonds is 4. The number of hydrogen-bond acceptors (Lipinski definition) is 4. The van der Waals surface area contributed by atoms with E-state index in [4.69, 9.17) is 10.2 Å². The minimum Gasteiger partial charge on any atom is -0.440 e. The highest BCUT2D eigenvalue weighted by Crippen LogP contribution is 2.29. The van der Waals surface area contributed by atoms with Crippen molar-refractivity contribution in [2.24, 2.45) is 0 Å². The van der Waals surface area contributed by atoms with Crippen LogP contribution in [0.15, 0.2) is 64.0 Å². The molecule has 0 radical (unpaired) electrons. The third kappa shape index (κ3) is 3.11. The Hall–Kier alpha value is -2.20. The fourth-order valence-corrected chi connectivity index (χ4v) is 2.96. The number of hydrogen-bond donors (Lipinski definition) is 1. The number of benzene rings is 2. The normalized spacial score (nSPS) is 10.7. The van der Waals surface area contributed by atoms with Crippen LogP contribution in [0, 0.1) is 6.92 Å². The number of thioether (sulfide) groups is 1. The highest BCUT2D eigenvalue weighted by Gasteiger charge is 2.08. The van der Waals surface area contributed by atoms with E-state index >= 15 is 0 Å². The maximum atomic E-state index is 5.92. The molecule has 0 spiro atoms. The Balaban J connectivity index is 1.72. The van der Waals surface area contributed by atoms with Crippen molar-refractivity contribution in [1.29, 1.82) is 0 Å². The first kappa shape index (κ1) is 13.8. The van der Waals surface area contributed by atoms with E-state index < -0.39 is 0 Å². The molecule has 0 aliphatic heterocycles. The summed E-state index contributed by atoms with van der Waals surface area (Å²) in [5.74, 6) is 2.22. The van der Waals surface area contributed by atoms with E-state index in [1.807, 2.05) is 49.4 Å². The van der Waals surface area contributed by atoms with Gasteiger partial charge in [-0.3, -0.25) is 0 Å². The standard InChI is InChI=1S/C17H16N2OS/c1-12-14(18)8-5-9-16(12)21-11-17-19-10-15(20-17)13-6-3-2-4-7-13/h2-10H,11,18H2,1H3. The second-order valence-electron chi connectivity index (χ2n) is 4.74. The second kappa shape index (κ2) is 6.06. The largest absolute Gasteiger partial charge is 0.440 e. The Labute approximate surface area is 128 Å². The van der Waals surface area contributed by atoms with Gasteiger partial charge in [0, 0.05) is 16.1 Å². The maximum Gasteiger partial charge on any atom is 0.205 e. The van der Waals surface area contributed by atoms with Gasteiger partial charge < -0.3 is 10.2 Å².